The van der Waals surface area contributed by atoms with Crippen LogP contribution in [0.3, 0.4) is 0 Å². The van der Waals surface area contributed by atoms with Crippen LogP contribution in [-0.4, -0.2) is 22.9 Å². The summed E-state index contributed by atoms with van der Waals surface area (Å²) in [6.07, 6.45) is 3.08. The summed E-state index contributed by atoms with van der Waals surface area (Å²) in [5, 5.41) is 22.4. The molecule has 0 aliphatic heterocycles. The summed E-state index contributed by atoms with van der Waals surface area (Å²) in [4.78, 5) is 0. The summed E-state index contributed by atoms with van der Waals surface area (Å²) in [6, 6.07) is 7.52. The van der Waals surface area contributed by atoms with Crippen molar-refractivity contribution in [2.75, 3.05) is 6.54 Å². The van der Waals surface area contributed by atoms with Crippen LogP contribution in [-0.2, 0) is 0 Å². The number of aliphatic hydroxyl groups is 1. The third-order valence-electron chi connectivity index (χ3n) is 3.70. The maximum absolute atomic E-state index is 9.74. The van der Waals surface area contributed by atoms with Gasteiger partial charge in [0.1, 0.15) is 5.75 Å². The molecule has 0 saturated heterocycles. The van der Waals surface area contributed by atoms with Crippen molar-refractivity contribution in [3.8, 4) is 5.75 Å². The molecule has 0 radical (unpaired) electrons. The Kier molecular flexibility index (Phi) is 4.02. The molecule has 94 valence electrons. The van der Waals surface area contributed by atoms with Gasteiger partial charge >= 0.3 is 0 Å². The number of hydrogen-bond acceptors (Lipinski definition) is 3. The first kappa shape index (κ1) is 12.4. The predicted octanol–water partition coefficient (Wildman–Crippen LogP) is 2.20. The highest BCUT2D eigenvalue weighted by Crippen LogP contribution is 2.25. The first-order valence-electron chi connectivity index (χ1n) is 6.37. The molecular weight excluding hydrogens is 214 g/mol. The molecule has 1 aromatic carbocycles. The first-order valence-corrected chi connectivity index (χ1v) is 6.37. The van der Waals surface area contributed by atoms with Crippen LogP contribution in [0.4, 0.5) is 0 Å². The van der Waals surface area contributed by atoms with Gasteiger partial charge < -0.3 is 15.5 Å². The molecule has 3 heteroatoms. The summed E-state index contributed by atoms with van der Waals surface area (Å²) in [6.45, 7) is 2.97. The Morgan fingerprint density at radius 1 is 1.29 bits per heavy atom. The Balaban J connectivity index is 1.84. The second kappa shape index (κ2) is 5.52. The van der Waals surface area contributed by atoms with E-state index in [1.165, 1.54) is 0 Å². The van der Waals surface area contributed by atoms with Gasteiger partial charge in [0.15, 0.2) is 0 Å². The number of benzene rings is 1. The fraction of sp³-hybridized carbons (Fsp3) is 0.571. The average molecular weight is 235 g/mol. The molecule has 0 amide bonds. The minimum atomic E-state index is -0.130. The lowest BCUT2D eigenvalue weighted by atomic mass is 10.0. The molecular formula is C14H21NO2. The molecule has 0 aromatic heterocycles. The molecule has 1 aliphatic carbocycles. The van der Waals surface area contributed by atoms with Gasteiger partial charge in [-0.05, 0) is 43.4 Å². The van der Waals surface area contributed by atoms with E-state index in [0.29, 0.717) is 11.7 Å². The number of phenols is 1. The largest absolute Gasteiger partial charge is 0.508 e. The van der Waals surface area contributed by atoms with Gasteiger partial charge in [-0.1, -0.05) is 18.6 Å². The van der Waals surface area contributed by atoms with E-state index in [-0.39, 0.29) is 12.1 Å². The van der Waals surface area contributed by atoms with Crippen LogP contribution < -0.4 is 5.32 Å². The summed E-state index contributed by atoms with van der Waals surface area (Å²) < 4.78 is 0. The lowest BCUT2D eigenvalue weighted by Crippen LogP contribution is -2.29. The second-order valence-electron chi connectivity index (χ2n) is 4.98. The van der Waals surface area contributed by atoms with Gasteiger partial charge in [0.05, 0.1) is 6.10 Å². The summed E-state index contributed by atoms with van der Waals surface area (Å²) in [7, 11) is 0. The highest BCUT2D eigenvalue weighted by molar-refractivity contribution is 5.27. The summed E-state index contributed by atoms with van der Waals surface area (Å²) in [5.74, 6) is 0.696. The van der Waals surface area contributed by atoms with Crippen molar-refractivity contribution in [3.05, 3.63) is 29.8 Å². The van der Waals surface area contributed by atoms with E-state index < -0.39 is 0 Å². The van der Waals surface area contributed by atoms with Crippen LogP contribution in [0.25, 0.3) is 0 Å². The quantitative estimate of drug-likeness (QED) is 0.750. The lowest BCUT2D eigenvalue weighted by Gasteiger charge is -2.19. The number of phenolic OH excluding ortho intramolecular Hbond substituents is 1. The van der Waals surface area contributed by atoms with Crippen molar-refractivity contribution >= 4 is 0 Å². The fourth-order valence-corrected chi connectivity index (χ4v) is 2.46. The third kappa shape index (κ3) is 3.20. The lowest BCUT2D eigenvalue weighted by molar-refractivity contribution is 0.130. The van der Waals surface area contributed by atoms with E-state index >= 15 is 0 Å². The fourth-order valence-electron chi connectivity index (χ4n) is 2.46. The van der Waals surface area contributed by atoms with Gasteiger partial charge in [-0.3, -0.25) is 0 Å². The first-order chi connectivity index (χ1) is 8.16. The number of hydrogen-bond donors (Lipinski definition) is 3. The Morgan fingerprint density at radius 2 is 2.00 bits per heavy atom. The maximum Gasteiger partial charge on any atom is 0.115 e. The van der Waals surface area contributed by atoms with Gasteiger partial charge in [-0.15, -0.1) is 0 Å². The zero-order valence-corrected chi connectivity index (χ0v) is 10.3. The Bertz CT molecular complexity index is 350. The number of rotatable bonds is 4. The predicted molar refractivity (Wildman–Crippen MR) is 67.9 cm³/mol. The number of aliphatic hydroxyl groups excluding tert-OH is 1. The standard InChI is InChI=1S/C14H21NO2/c1-10(11-5-7-13(16)8-6-11)15-9-12-3-2-4-14(12)17/h5-8,10,12,14-17H,2-4,9H2,1H3. The van der Waals surface area contributed by atoms with E-state index in [1.54, 1.807) is 12.1 Å². The third-order valence-corrected chi connectivity index (χ3v) is 3.70. The normalized spacial score (nSPS) is 26.0. The van der Waals surface area contributed by atoms with E-state index in [1.807, 2.05) is 12.1 Å². The van der Waals surface area contributed by atoms with Crippen molar-refractivity contribution in [2.24, 2.45) is 5.92 Å². The minimum absolute atomic E-state index is 0.130. The van der Waals surface area contributed by atoms with Crippen LogP contribution in [0.15, 0.2) is 24.3 Å². The van der Waals surface area contributed by atoms with Gasteiger partial charge in [0.25, 0.3) is 0 Å². The van der Waals surface area contributed by atoms with Crippen molar-refractivity contribution in [1.29, 1.82) is 0 Å². The van der Waals surface area contributed by atoms with Gasteiger partial charge in [-0.2, -0.15) is 0 Å². The average Bonchev–Trinajstić information content (AvgIpc) is 2.73. The van der Waals surface area contributed by atoms with Gasteiger partial charge in [-0.25, -0.2) is 0 Å². The van der Waals surface area contributed by atoms with E-state index in [0.717, 1.165) is 31.4 Å². The molecule has 0 bridgehead atoms. The van der Waals surface area contributed by atoms with Crippen molar-refractivity contribution in [1.82, 2.24) is 5.32 Å². The van der Waals surface area contributed by atoms with E-state index in [2.05, 4.69) is 12.2 Å². The van der Waals surface area contributed by atoms with Crippen LogP contribution in [0, 0.1) is 5.92 Å². The zero-order valence-electron chi connectivity index (χ0n) is 10.3. The Morgan fingerprint density at radius 3 is 2.59 bits per heavy atom. The smallest absolute Gasteiger partial charge is 0.115 e. The molecule has 3 nitrogen and oxygen atoms in total. The zero-order chi connectivity index (χ0) is 12.3. The highest BCUT2D eigenvalue weighted by atomic mass is 16.3. The van der Waals surface area contributed by atoms with E-state index in [4.69, 9.17) is 0 Å². The molecule has 0 spiro atoms. The Hall–Kier alpha value is -1.06. The number of aromatic hydroxyl groups is 1. The van der Waals surface area contributed by atoms with Gasteiger partial charge in [0.2, 0.25) is 0 Å². The Labute approximate surface area is 102 Å². The van der Waals surface area contributed by atoms with Crippen LogP contribution in [0.2, 0.25) is 0 Å². The molecule has 1 saturated carbocycles. The molecule has 3 N–H and O–H groups in total. The molecule has 3 unspecified atom stereocenters. The van der Waals surface area contributed by atoms with Crippen LogP contribution >= 0.6 is 0 Å². The van der Waals surface area contributed by atoms with Crippen LogP contribution in [0.1, 0.15) is 37.8 Å². The summed E-state index contributed by atoms with van der Waals surface area (Å²) in [5.41, 5.74) is 1.16. The SMILES string of the molecule is CC(NCC1CCCC1O)c1ccc(O)cc1. The van der Waals surface area contributed by atoms with Crippen molar-refractivity contribution in [3.63, 3.8) is 0 Å². The molecule has 0 heterocycles. The van der Waals surface area contributed by atoms with Crippen molar-refractivity contribution < 1.29 is 10.2 Å². The van der Waals surface area contributed by atoms with Crippen LogP contribution in [0.5, 0.6) is 5.75 Å². The van der Waals surface area contributed by atoms with Crippen molar-refractivity contribution in [2.45, 2.75) is 38.3 Å². The summed E-state index contributed by atoms with van der Waals surface area (Å²) >= 11 is 0. The minimum Gasteiger partial charge on any atom is -0.508 e. The van der Waals surface area contributed by atoms with E-state index in [9.17, 15) is 10.2 Å². The topological polar surface area (TPSA) is 52.5 Å². The molecule has 1 aliphatic rings. The molecule has 3 atom stereocenters. The van der Waals surface area contributed by atoms with Gasteiger partial charge in [0, 0.05) is 12.6 Å². The second-order valence-corrected chi connectivity index (χ2v) is 4.98. The maximum atomic E-state index is 9.74. The molecule has 1 fully saturated rings. The monoisotopic (exact) mass is 235 g/mol. The number of nitrogens with one attached hydrogen (secondary N) is 1. The highest BCUT2D eigenvalue weighted by Gasteiger charge is 2.25. The molecule has 2 rings (SSSR count). The molecule has 1 aromatic rings. The molecule has 17 heavy (non-hydrogen) atoms.